The molecule has 150 valence electrons. The van der Waals surface area contributed by atoms with Crippen molar-refractivity contribution in [2.45, 2.75) is 24.2 Å². The number of carbonyl (C=O) groups excluding carboxylic acids is 1. The summed E-state index contributed by atoms with van der Waals surface area (Å²) in [5.41, 5.74) is -1.12. The molecule has 1 spiro atoms. The van der Waals surface area contributed by atoms with Crippen LogP contribution in [0.4, 0.5) is 27.6 Å². The highest BCUT2D eigenvalue weighted by Gasteiger charge is 2.58. The van der Waals surface area contributed by atoms with Crippen LogP contribution in [0.15, 0.2) is 30.3 Å². The third-order valence-electron chi connectivity index (χ3n) is 5.49. The summed E-state index contributed by atoms with van der Waals surface area (Å²) in [6.07, 6.45) is -5.23. The van der Waals surface area contributed by atoms with Crippen molar-refractivity contribution in [3.05, 3.63) is 63.8 Å². The number of hydrogen-bond acceptors (Lipinski definition) is 2. The zero-order chi connectivity index (χ0) is 20.7. The lowest BCUT2D eigenvalue weighted by Crippen LogP contribution is -2.61. The monoisotopic (exact) mass is 427 g/mol. The van der Waals surface area contributed by atoms with Crippen LogP contribution >= 0.6 is 11.6 Å². The quantitative estimate of drug-likeness (QED) is 0.467. The maximum atomic E-state index is 13.8. The van der Waals surface area contributed by atoms with Gasteiger partial charge in [-0.3, -0.25) is 10.1 Å². The van der Waals surface area contributed by atoms with E-state index in [4.69, 9.17) is 11.6 Å². The predicted molar refractivity (Wildman–Crippen MR) is 95.8 cm³/mol. The fraction of sp³-hybridized carbons (Fsp3) is 0.211. The molecule has 3 heterocycles. The number of alkyl halides is 3. The van der Waals surface area contributed by atoms with Gasteiger partial charge in [-0.25, -0.2) is 8.78 Å². The summed E-state index contributed by atoms with van der Waals surface area (Å²) in [6.45, 7) is 0. The SMILES string of the molecule is O=C1Nc2ccc(Cl)cc2[C@]12N[C@H](C(F)(F)F)Cc1c2[nH]c2cc(F)c(F)cc12. The van der Waals surface area contributed by atoms with Crippen molar-refractivity contribution in [3.63, 3.8) is 0 Å². The third kappa shape index (κ3) is 2.43. The van der Waals surface area contributed by atoms with Crippen molar-refractivity contribution in [1.82, 2.24) is 10.3 Å². The van der Waals surface area contributed by atoms with Gasteiger partial charge in [0.05, 0.1) is 5.69 Å². The highest BCUT2D eigenvalue weighted by Crippen LogP contribution is 2.48. The van der Waals surface area contributed by atoms with Gasteiger partial charge in [-0.05, 0) is 36.2 Å². The minimum Gasteiger partial charge on any atom is -0.356 e. The van der Waals surface area contributed by atoms with E-state index in [0.29, 0.717) is 5.69 Å². The van der Waals surface area contributed by atoms with E-state index >= 15 is 0 Å². The number of hydrogen-bond donors (Lipinski definition) is 3. The average molecular weight is 428 g/mol. The van der Waals surface area contributed by atoms with Gasteiger partial charge in [-0.1, -0.05) is 11.6 Å². The lowest BCUT2D eigenvalue weighted by molar-refractivity contribution is -0.162. The maximum absolute atomic E-state index is 13.8. The summed E-state index contributed by atoms with van der Waals surface area (Å²) in [5, 5.41) is 5.33. The average Bonchev–Trinajstić information content (AvgIpc) is 3.12. The van der Waals surface area contributed by atoms with Gasteiger partial charge in [-0.15, -0.1) is 0 Å². The number of H-pyrrole nitrogens is 1. The topological polar surface area (TPSA) is 56.9 Å². The van der Waals surface area contributed by atoms with Crippen LogP contribution in [0.25, 0.3) is 10.9 Å². The lowest BCUT2D eigenvalue weighted by Gasteiger charge is -2.39. The van der Waals surface area contributed by atoms with E-state index in [9.17, 15) is 26.7 Å². The molecule has 0 bridgehead atoms. The number of benzene rings is 2. The van der Waals surface area contributed by atoms with Crippen molar-refractivity contribution in [2.24, 2.45) is 0 Å². The number of nitrogens with one attached hydrogen (secondary N) is 3. The molecule has 2 aliphatic rings. The van der Waals surface area contributed by atoms with E-state index in [0.717, 1.165) is 12.1 Å². The van der Waals surface area contributed by atoms with Crippen LogP contribution in [0.1, 0.15) is 16.8 Å². The predicted octanol–water partition coefficient (Wildman–Crippen LogP) is 4.37. The van der Waals surface area contributed by atoms with Gasteiger partial charge in [0.25, 0.3) is 5.91 Å². The van der Waals surface area contributed by atoms with E-state index in [-0.39, 0.29) is 32.7 Å². The Balaban J connectivity index is 1.87. The Bertz CT molecular complexity index is 1200. The number of halogens is 6. The number of aromatic amines is 1. The first kappa shape index (κ1) is 18.4. The molecule has 0 unspecified atom stereocenters. The summed E-state index contributed by atoms with van der Waals surface area (Å²) < 4.78 is 68.8. The van der Waals surface area contributed by atoms with Crippen molar-refractivity contribution in [2.75, 3.05) is 5.32 Å². The first-order chi connectivity index (χ1) is 13.6. The molecular formula is C19H11ClF5N3O. The zero-order valence-corrected chi connectivity index (χ0v) is 15.1. The Morgan fingerprint density at radius 2 is 1.83 bits per heavy atom. The summed E-state index contributed by atoms with van der Waals surface area (Å²) >= 11 is 6.05. The molecule has 0 saturated carbocycles. The Labute approximate surface area is 165 Å². The van der Waals surface area contributed by atoms with Crippen LogP contribution in [0.3, 0.4) is 0 Å². The molecule has 10 heteroatoms. The standard InChI is InChI=1S/C19H11ClF5N3O/c20-7-1-2-13-10(3-7)18(17(29)27-13)16-9(5-15(28-18)19(23,24)25)8-4-11(21)12(22)6-14(8)26-16/h1-4,6,15,26,28H,5H2,(H,27,29)/t15-,18+/m0/s1. The van der Waals surface area contributed by atoms with Crippen molar-refractivity contribution >= 4 is 34.1 Å². The Morgan fingerprint density at radius 1 is 1.10 bits per heavy atom. The summed E-state index contributed by atoms with van der Waals surface area (Å²) in [5.74, 6) is -3.07. The maximum Gasteiger partial charge on any atom is 0.404 e. The molecule has 1 aromatic heterocycles. The van der Waals surface area contributed by atoms with E-state index in [1.54, 1.807) is 0 Å². The van der Waals surface area contributed by atoms with Gasteiger partial charge in [0.2, 0.25) is 0 Å². The van der Waals surface area contributed by atoms with E-state index < -0.39 is 41.7 Å². The minimum absolute atomic E-state index is 0.0947. The second-order valence-electron chi connectivity index (χ2n) is 7.13. The molecular weight excluding hydrogens is 417 g/mol. The molecule has 2 aromatic carbocycles. The second kappa shape index (κ2) is 5.70. The number of aromatic nitrogens is 1. The van der Waals surface area contributed by atoms with Crippen molar-refractivity contribution in [3.8, 4) is 0 Å². The lowest BCUT2D eigenvalue weighted by atomic mass is 9.79. The van der Waals surface area contributed by atoms with Gasteiger partial charge in [0, 0.05) is 33.2 Å². The third-order valence-corrected chi connectivity index (χ3v) is 5.73. The Hall–Kier alpha value is -2.65. The fourth-order valence-corrected chi connectivity index (χ4v) is 4.40. The van der Waals surface area contributed by atoms with Gasteiger partial charge in [-0.2, -0.15) is 13.2 Å². The number of carbonyl (C=O) groups is 1. The Kier molecular flexibility index (Phi) is 3.61. The molecule has 5 rings (SSSR count). The summed E-state index contributed by atoms with van der Waals surface area (Å²) in [4.78, 5) is 15.9. The molecule has 3 N–H and O–H groups in total. The second-order valence-corrected chi connectivity index (χ2v) is 7.56. The first-order valence-corrected chi connectivity index (χ1v) is 8.95. The smallest absolute Gasteiger partial charge is 0.356 e. The Morgan fingerprint density at radius 3 is 2.55 bits per heavy atom. The highest BCUT2D eigenvalue weighted by molar-refractivity contribution is 6.31. The van der Waals surface area contributed by atoms with Crippen LogP contribution < -0.4 is 10.6 Å². The summed E-state index contributed by atoms with van der Waals surface area (Å²) in [6, 6.07) is 4.02. The molecule has 2 aliphatic heterocycles. The van der Waals surface area contributed by atoms with Crippen LogP contribution in [0.2, 0.25) is 5.02 Å². The normalized spacial score (nSPS) is 23.4. The molecule has 29 heavy (non-hydrogen) atoms. The molecule has 0 aliphatic carbocycles. The van der Waals surface area contributed by atoms with Crippen molar-refractivity contribution < 1.29 is 26.7 Å². The molecule has 0 fully saturated rings. The molecule has 3 aromatic rings. The largest absolute Gasteiger partial charge is 0.404 e. The summed E-state index contributed by atoms with van der Waals surface area (Å²) in [7, 11) is 0. The fourth-order valence-electron chi connectivity index (χ4n) is 4.23. The van der Waals surface area contributed by atoms with Crippen molar-refractivity contribution in [1.29, 1.82) is 0 Å². The van der Waals surface area contributed by atoms with Gasteiger partial charge in [0.15, 0.2) is 17.2 Å². The van der Waals surface area contributed by atoms with Crippen LogP contribution in [0.5, 0.6) is 0 Å². The van der Waals surface area contributed by atoms with Gasteiger partial charge in [0.1, 0.15) is 6.04 Å². The number of rotatable bonds is 0. The first-order valence-electron chi connectivity index (χ1n) is 8.57. The minimum atomic E-state index is -4.69. The van der Waals surface area contributed by atoms with Crippen LogP contribution in [-0.2, 0) is 16.8 Å². The number of anilines is 1. The number of amides is 1. The highest BCUT2D eigenvalue weighted by atomic mass is 35.5. The van der Waals surface area contributed by atoms with E-state index in [1.165, 1.54) is 18.2 Å². The van der Waals surface area contributed by atoms with Gasteiger partial charge < -0.3 is 10.3 Å². The molecule has 4 nitrogen and oxygen atoms in total. The zero-order valence-electron chi connectivity index (χ0n) is 14.3. The van der Waals surface area contributed by atoms with Gasteiger partial charge >= 0.3 is 6.18 Å². The molecule has 0 radical (unpaired) electrons. The van der Waals surface area contributed by atoms with E-state index in [2.05, 4.69) is 15.6 Å². The molecule has 2 atom stereocenters. The van der Waals surface area contributed by atoms with Crippen LogP contribution in [-0.4, -0.2) is 23.1 Å². The number of fused-ring (bicyclic) bond motifs is 6. The molecule has 0 saturated heterocycles. The molecule has 1 amide bonds. The van der Waals surface area contributed by atoms with E-state index in [1.807, 2.05) is 0 Å². The van der Waals surface area contributed by atoms with Crippen LogP contribution in [0, 0.1) is 11.6 Å².